The molecule has 0 fully saturated rings. The number of nitro groups is 1. The number of carbonyl (C=O) groups is 1. The topological polar surface area (TPSA) is 94.2 Å². The maximum Gasteiger partial charge on any atom is 0.288 e. The third-order valence-electron chi connectivity index (χ3n) is 2.63. The number of rotatable bonds is 5. The molecule has 7 nitrogen and oxygen atoms in total. The molecule has 0 saturated heterocycles. The van der Waals surface area contributed by atoms with Crippen LogP contribution in [0.1, 0.15) is 19.5 Å². The van der Waals surface area contributed by atoms with Gasteiger partial charge in [-0.25, -0.2) is 0 Å². The lowest BCUT2D eigenvalue weighted by atomic mass is 10.2. The minimum Gasteiger partial charge on any atom is -0.354 e. The van der Waals surface area contributed by atoms with Crippen molar-refractivity contribution in [3.05, 3.63) is 38.3 Å². The normalized spacial score (nSPS) is 10.5. The first kappa shape index (κ1) is 14.9. The highest BCUT2D eigenvalue weighted by atomic mass is 16.6. The molecular weight excluding hydrogens is 250 g/mol. The molecule has 1 aromatic heterocycles. The molecular formula is C12H17N3O4. The van der Waals surface area contributed by atoms with Gasteiger partial charge in [0.1, 0.15) is 6.54 Å². The van der Waals surface area contributed by atoms with Crippen molar-refractivity contribution >= 4 is 11.6 Å². The fourth-order valence-electron chi connectivity index (χ4n) is 1.57. The molecule has 1 N–H and O–H groups in total. The Morgan fingerprint density at radius 2 is 2.11 bits per heavy atom. The van der Waals surface area contributed by atoms with E-state index in [0.717, 1.165) is 16.7 Å². The van der Waals surface area contributed by atoms with E-state index in [0.29, 0.717) is 12.5 Å². The maximum atomic E-state index is 11.7. The van der Waals surface area contributed by atoms with Crippen LogP contribution >= 0.6 is 0 Å². The van der Waals surface area contributed by atoms with Crippen LogP contribution in [0.4, 0.5) is 5.69 Å². The Labute approximate surface area is 110 Å². The number of pyridine rings is 1. The van der Waals surface area contributed by atoms with Crippen LogP contribution in [0.2, 0.25) is 0 Å². The summed E-state index contributed by atoms with van der Waals surface area (Å²) in [6, 6.07) is 2.25. The number of nitrogens with one attached hydrogen (secondary N) is 1. The van der Waals surface area contributed by atoms with Crippen LogP contribution in [0.25, 0.3) is 0 Å². The molecule has 0 radical (unpaired) electrons. The smallest absolute Gasteiger partial charge is 0.288 e. The molecule has 0 atom stereocenters. The highest BCUT2D eigenvalue weighted by Crippen LogP contribution is 2.14. The fourth-order valence-corrected chi connectivity index (χ4v) is 1.57. The summed E-state index contributed by atoms with van der Waals surface area (Å²) in [6.45, 7) is 5.64. The van der Waals surface area contributed by atoms with E-state index in [-0.39, 0.29) is 23.8 Å². The Balaban J connectivity index is 2.95. The van der Waals surface area contributed by atoms with E-state index in [1.807, 2.05) is 13.8 Å². The third kappa shape index (κ3) is 3.90. The van der Waals surface area contributed by atoms with Crippen molar-refractivity contribution in [2.45, 2.75) is 27.3 Å². The predicted octanol–water partition coefficient (Wildman–Crippen LogP) is 0.837. The van der Waals surface area contributed by atoms with Crippen molar-refractivity contribution in [1.82, 2.24) is 9.88 Å². The van der Waals surface area contributed by atoms with Gasteiger partial charge >= 0.3 is 0 Å². The van der Waals surface area contributed by atoms with Crippen LogP contribution in [0.5, 0.6) is 0 Å². The van der Waals surface area contributed by atoms with Crippen molar-refractivity contribution < 1.29 is 9.72 Å². The van der Waals surface area contributed by atoms with E-state index in [9.17, 15) is 19.7 Å². The molecule has 0 aliphatic carbocycles. The van der Waals surface area contributed by atoms with Crippen LogP contribution in [0, 0.1) is 23.0 Å². The molecule has 0 unspecified atom stereocenters. The Morgan fingerprint density at radius 3 is 2.63 bits per heavy atom. The van der Waals surface area contributed by atoms with Crippen molar-refractivity contribution in [2.24, 2.45) is 5.92 Å². The van der Waals surface area contributed by atoms with Crippen LogP contribution in [0.3, 0.4) is 0 Å². The summed E-state index contributed by atoms with van der Waals surface area (Å²) in [4.78, 5) is 33.5. The summed E-state index contributed by atoms with van der Waals surface area (Å²) in [7, 11) is 0. The number of carbonyl (C=O) groups excluding carboxylic acids is 1. The van der Waals surface area contributed by atoms with Gasteiger partial charge in [0, 0.05) is 18.7 Å². The van der Waals surface area contributed by atoms with E-state index < -0.39 is 10.5 Å². The second-order valence-corrected chi connectivity index (χ2v) is 4.68. The predicted molar refractivity (Wildman–Crippen MR) is 69.9 cm³/mol. The third-order valence-corrected chi connectivity index (χ3v) is 2.63. The number of hydrogen-bond acceptors (Lipinski definition) is 4. The van der Waals surface area contributed by atoms with E-state index in [2.05, 4.69) is 5.32 Å². The van der Waals surface area contributed by atoms with Crippen LogP contribution in [-0.4, -0.2) is 21.9 Å². The average molecular weight is 267 g/mol. The molecule has 1 rings (SSSR count). The van der Waals surface area contributed by atoms with Crippen molar-refractivity contribution in [3.8, 4) is 0 Å². The van der Waals surface area contributed by atoms with Crippen LogP contribution in [0.15, 0.2) is 16.9 Å². The molecule has 1 amide bonds. The van der Waals surface area contributed by atoms with Crippen molar-refractivity contribution in [1.29, 1.82) is 0 Å². The van der Waals surface area contributed by atoms with Gasteiger partial charge in [0.15, 0.2) is 0 Å². The molecule has 1 heterocycles. The maximum absolute atomic E-state index is 11.7. The van der Waals surface area contributed by atoms with Crippen molar-refractivity contribution in [3.63, 3.8) is 0 Å². The average Bonchev–Trinajstić information content (AvgIpc) is 2.31. The molecule has 0 aliphatic heterocycles. The van der Waals surface area contributed by atoms with Gasteiger partial charge in [0.05, 0.1) is 10.6 Å². The van der Waals surface area contributed by atoms with E-state index in [1.54, 1.807) is 0 Å². The van der Waals surface area contributed by atoms with Crippen LogP contribution < -0.4 is 10.9 Å². The second kappa shape index (κ2) is 6.12. The number of nitrogens with zero attached hydrogens (tertiary/aromatic N) is 2. The Kier molecular flexibility index (Phi) is 4.80. The molecule has 7 heteroatoms. The van der Waals surface area contributed by atoms with Gasteiger partial charge in [-0.2, -0.15) is 0 Å². The second-order valence-electron chi connectivity index (χ2n) is 4.68. The molecule has 0 saturated carbocycles. The van der Waals surface area contributed by atoms with Gasteiger partial charge in [0.25, 0.3) is 11.2 Å². The van der Waals surface area contributed by atoms with Gasteiger partial charge in [-0.3, -0.25) is 24.3 Å². The summed E-state index contributed by atoms with van der Waals surface area (Å²) in [5.74, 6) is -0.0359. The molecule has 1 aromatic rings. The summed E-state index contributed by atoms with van der Waals surface area (Å²) in [5.41, 5.74) is -0.420. The number of aromatic nitrogens is 1. The minimum atomic E-state index is -0.572. The number of amides is 1. The van der Waals surface area contributed by atoms with Gasteiger partial charge in [0.2, 0.25) is 5.91 Å². The van der Waals surface area contributed by atoms with E-state index in [1.165, 1.54) is 6.92 Å². The monoisotopic (exact) mass is 267 g/mol. The SMILES string of the molecule is Cc1c([N+](=O)[O-])ccc(=O)n1CC(=O)NCC(C)C. The highest BCUT2D eigenvalue weighted by Gasteiger charge is 2.16. The first-order valence-electron chi connectivity index (χ1n) is 5.94. The minimum absolute atomic E-state index is 0.170. The lowest BCUT2D eigenvalue weighted by Crippen LogP contribution is -2.35. The zero-order valence-corrected chi connectivity index (χ0v) is 11.2. The summed E-state index contributed by atoms with van der Waals surface area (Å²) < 4.78 is 1.10. The standard InChI is InChI=1S/C12H17N3O4/c1-8(2)6-13-11(16)7-14-9(3)10(15(18)19)4-5-12(14)17/h4-5,8H,6-7H2,1-3H3,(H,13,16). The molecule has 0 aromatic carbocycles. The Hall–Kier alpha value is -2.18. The van der Waals surface area contributed by atoms with Crippen molar-refractivity contribution in [2.75, 3.05) is 6.54 Å². The first-order valence-corrected chi connectivity index (χ1v) is 5.94. The van der Waals surface area contributed by atoms with Gasteiger partial charge < -0.3 is 5.32 Å². The zero-order valence-electron chi connectivity index (χ0n) is 11.2. The largest absolute Gasteiger partial charge is 0.354 e. The lowest BCUT2D eigenvalue weighted by Gasteiger charge is -2.11. The molecule has 0 bridgehead atoms. The zero-order chi connectivity index (χ0) is 14.6. The Bertz CT molecular complexity index is 548. The lowest BCUT2D eigenvalue weighted by molar-refractivity contribution is -0.386. The summed E-state index contributed by atoms with van der Waals surface area (Å²) in [5, 5.41) is 13.4. The summed E-state index contributed by atoms with van der Waals surface area (Å²) in [6.07, 6.45) is 0. The molecule has 104 valence electrons. The highest BCUT2D eigenvalue weighted by molar-refractivity contribution is 5.75. The van der Waals surface area contributed by atoms with E-state index >= 15 is 0 Å². The fraction of sp³-hybridized carbons (Fsp3) is 0.500. The van der Waals surface area contributed by atoms with Gasteiger partial charge in [-0.1, -0.05) is 13.8 Å². The van der Waals surface area contributed by atoms with E-state index in [4.69, 9.17) is 0 Å². The first-order chi connectivity index (χ1) is 8.82. The molecule has 19 heavy (non-hydrogen) atoms. The molecule has 0 spiro atoms. The van der Waals surface area contributed by atoms with Gasteiger partial charge in [-0.15, -0.1) is 0 Å². The quantitative estimate of drug-likeness (QED) is 0.631. The number of hydrogen-bond donors (Lipinski definition) is 1. The summed E-state index contributed by atoms with van der Waals surface area (Å²) >= 11 is 0. The Morgan fingerprint density at radius 1 is 1.47 bits per heavy atom. The molecule has 0 aliphatic rings. The van der Waals surface area contributed by atoms with Gasteiger partial charge in [-0.05, 0) is 12.8 Å². The van der Waals surface area contributed by atoms with Crippen LogP contribution in [-0.2, 0) is 11.3 Å².